The Balaban J connectivity index is 0.00000240. The van der Waals surface area contributed by atoms with Crippen LogP contribution >= 0.6 is 12.4 Å². The van der Waals surface area contributed by atoms with Crippen molar-refractivity contribution in [3.63, 3.8) is 0 Å². The molecule has 0 radical (unpaired) electrons. The lowest BCUT2D eigenvalue weighted by Crippen LogP contribution is -2.35. The lowest BCUT2D eigenvalue weighted by Gasteiger charge is -2.34. The van der Waals surface area contributed by atoms with Crippen molar-refractivity contribution in [2.45, 2.75) is 59.0 Å². The van der Waals surface area contributed by atoms with Gasteiger partial charge < -0.3 is 10.3 Å². The van der Waals surface area contributed by atoms with Crippen molar-refractivity contribution in [2.75, 3.05) is 0 Å². The Kier molecular flexibility index (Phi) is 6.30. The molecule has 3 aromatic rings. The van der Waals surface area contributed by atoms with Gasteiger partial charge >= 0.3 is 0 Å². The van der Waals surface area contributed by atoms with Gasteiger partial charge in [0.05, 0.1) is 17.4 Å². The molecule has 0 spiro atoms. The lowest BCUT2D eigenvalue weighted by molar-refractivity contribution is 0.205. The second-order valence-corrected chi connectivity index (χ2v) is 8.76. The normalized spacial score (nSPS) is 16.7. The molecule has 1 aromatic heterocycles. The van der Waals surface area contributed by atoms with E-state index in [-0.39, 0.29) is 18.0 Å². The van der Waals surface area contributed by atoms with Crippen LogP contribution in [-0.4, -0.2) is 16.0 Å². The Bertz CT molecular complexity index is 1000. The number of hydrogen-bond acceptors (Lipinski definition) is 2. The molecule has 2 N–H and O–H groups in total. The fourth-order valence-corrected chi connectivity index (χ4v) is 4.23. The zero-order chi connectivity index (χ0) is 19.9. The molecule has 0 unspecified atom stereocenters. The molecule has 6 heteroatoms. The van der Waals surface area contributed by atoms with E-state index in [4.69, 9.17) is 0 Å². The largest absolute Gasteiger partial charge is 0.345 e. The highest BCUT2D eigenvalue weighted by Gasteiger charge is 2.26. The van der Waals surface area contributed by atoms with Gasteiger partial charge in [-0.1, -0.05) is 32.0 Å². The van der Waals surface area contributed by atoms with Crippen molar-refractivity contribution in [1.82, 2.24) is 15.3 Å². The third-order valence-electron chi connectivity index (χ3n) is 6.22. The summed E-state index contributed by atoms with van der Waals surface area (Å²) in [6.07, 6.45) is 6.10. The average Bonchev–Trinajstić information content (AvgIpc) is 3.15. The van der Waals surface area contributed by atoms with Crippen LogP contribution in [0.25, 0.3) is 22.2 Å². The van der Waals surface area contributed by atoms with Gasteiger partial charge in [-0.25, -0.2) is 13.8 Å². The summed E-state index contributed by atoms with van der Waals surface area (Å²) >= 11 is 0. The summed E-state index contributed by atoms with van der Waals surface area (Å²) < 4.78 is 29.7. The van der Waals surface area contributed by atoms with Crippen LogP contribution in [0.5, 0.6) is 0 Å². The Labute approximate surface area is 176 Å². The van der Waals surface area contributed by atoms with Gasteiger partial charge in [0.25, 0.3) is 0 Å². The van der Waals surface area contributed by atoms with Gasteiger partial charge in [0.2, 0.25) is 0 Å². The molecule has 0 amide bonds. The molecule has 4 rings (SSSR count). The quantitative estimate of drug-likeness (QED) is 0.521. The van der Waals surface area contributed by atoms with Crippen molar-refractivity contribution in [1.29, 1.82) is 0 Å². The van der Waals surface area contributed by atoms with E-state index in [0.717, 1.165) is 42.3 Å². The van der Waals surface area contributed by atoms with Gasteiger partial charge in [-0.3, -0.25) is 0 Å². The first-order valence-corrected chi connectivity index (χ1v) is 9.99. The number of fused-ring (bicyclic) bond motifs is 1. The number of halogens is 3. The molecule has 29 heavy (non-hydrogen) atoms. The maximum Gasteiger partial charge on any atom is 0.166 e. The summed E-state index contributed by atoms with van der Waals surface area (Å²) in [5, 5.41) is 3.41. The summed E-state index contributed by atoms with van der Waals surface area (Å²) in [6, 6.07) is 7.42. The highest BCUT2D eigenvalue weighted by atomic mass is 35.5. The molecule has 1 aliphatic carbocycles. The van der Waals surface area contributed by atoms with Crippen LogP contribution in [0.15, 0.2) is 30.6 Å². The number of rotatable bonds is 4. The molecule has 1 saturated carbocycles. The van der Waals surface area contributed by atoms with Gasteiger partial charge in [-0.15, -0.1) is 12.4 Å². The van der Waals surface area contributed by atoms with Gasteiger partial charge in [-0.05, 0) is 55.2 Å². The van der Waals surface area contributed by atoms with E-state index in [2.05, 4.69) is 29.1 Å². The Morgan fingerprint density at radius 2 is 1.76 bits per heavy atom. The molecule has 3 nitrogen and oxygen atoms in total. The van der Waals surface area contributed by atoms with E-state index < -0.39 is 11.6 Å². The second kappa shape index (κ2) is 8.41. The number of imidazole rings is 1. The first kappa shape index (κ1) is 21.7. The van der Waals surface area contributed by atoms with Crippen LogP contribution < -0.4 is 5.32 Å². The minimum atomic E-state index is -0.790. The Hall–Kier alpha value is -1.98. The van der Waals surface area contributed by atoms with E-state index >= 15 is 0 Å². The number of nitrogens with zero attached hydrogens (tertiary/aromatic N) is 1. The molecule has 2 aromatic carbocycles. The zero-order valence-electron chi connectivity index (χ0n) is 17.1. The number of benzene rings is 2. The van der Waals surface area contributed by atoms with Gasteiger partial charge in [0.1, 0.15) is 0 Å². The van der Waals surface area contributed by atoms with Crippen LogP contribution in [0.3, 0.4) is 0 Å². The van der Waals surface area contributed by atoms with Crippen LogP contribution in [0.4, 0.5) is 8.78 Å². The van der Waals surface area contributed by atoms with Crippen molar-refractivity contribution in [2.24, 2.45) is 5.41 Å². The molecule has 156 valence electrons. The monoisotopic (exact) mass is 419 g/mol. The molecular weight excluding hydrogens is 392 g/mol. The van der Waals surface area contributed by atoms with Crippen LogP contribution in [0.1, 0.15) is 50.7 Å². The molecule has 0 aliphatic heterocycles. The Morgan fingerprint density at radius 3 is 2.48 bits per heavy atom. The molecule has 0 saturated heterocycles. The number of aromatic amines is 1. The molecule has 1 fully saturated rings. The SMILES string of the molecule is Cc1c(-c2ccc(CNC3CCC(C)(C)CC3)c(F)c2F)ccc2[nH]cnc12.Cl. The van der Waals surface area contributed by atoms with E-state index in [1.165, 1.54) is 0 Å². The molecule has 0 atom stereocenters. The average molecular weight is 420 g/mol. The van der Waals surface area contributed by atoms with Crippen LogP contribution in [0.2, 0.25) is 0 Å². The summed E-state index contributed by atoms with van der Waals surface area (Å²) in [7, 11) is 0. The summed E-state index contributed by atoms with van der Waals surface area (Å²) in [6.45, 7) is 6.82. The molecule has 1 aliphatic rings. The van der Waals surface area contributed by atoms with E-state index in [0.29, 0.717) is 29.1 Å². The zero-order valence-corrected chi connectivity index (χ0v) is 17.9. The summed E-state index contributed by atoms with van der Waals surface area (Å²) in [5.41, 5.74) is 4.23. The molecule has 0 bridgehead atoms. The smallest absolute Gasteiger partial charge is 0.166 e. The van der Waals surface area contributed by atoms with Crippen molar-refractivity contribution < 1.29 is 8.78 Å². The summed E-state index contributed by atoms with van der Waals surface area (Å²) in [4.78, 5) is 7.32. The van der Waals surface area contributed by atoms with E-state index in [9.17, 15) is 8.78 Å². The number of nitrogens with one attached hydrogen (secondary N) is 2. The minimum Gasteiger partial charge on any atom is -0.345 e. The van der Waals surface area contributed by atoms with Gasteiger partial charge in [0.15, 0.2) is 11.6 Å². The third-order valence-corrected chi connectivity index (χ3v) is 6.22. The van der Waals surface area contributed by atoms with Crippen molar-refractivity contribution >= 4 is 23.4 Å². The number of H-pyrrole nitrogens is 1. The standard InChI is InChI=1S/C23H27F2N3.ClH/c1-14-17(6-7-19-22(14)28-13-27-19)18-5-4-15(20(24)21(18)25)12-26-16-8-10-23(2,3)11-9-16;/h4-7,13,16,26H,8-12H2,1-3H3,(H,27,28);1H. The third kappa shape index (κ3) is 4.31. The van der Waals surface area contributed by atoms with Crippen molar-refractivity contribution in [3.05, 3.63) is 53.4 Å². The maximum absolute atomic E-state index is 14.9. The highest BCUT2D eigenvalue weighted by Crippen LogP contribution is 2.35. The predicted octanol–water partition coefficient (Wildman–Crippen LogP) is 6.30. The van der Waals surface area contributed by atoms with Gasteiger partial charge in [-0.2, -0.15) is 0 Å². The first-order valence-electron chi connectivity index (χ1n) is 9.99. The molecular formula is C23H28ClF2N3. The highest BCUT2D eigenvalue weighted by molar-refractivity contribution is 5.86. The Morgan fingerprint density at radius 1 is 1.07 bits per heavy atom. The minimum absolute atomic E-state index is 0. The van der Waals surface area contributed by atoms with Crippen LogP contribution in [0, 0.1) is 24.0 Å². The topological polar surface area (TPSA) is 40.7 Å². The maximum atomic E-state index is 14.9. The fourth-order valence-electron chi connectivity index (χ4n) is 4.23. The second-order valence-electron chi connectivity index (χ2n) is 8.76. The van der Waals surface area contributed by atoms with Crippen LogP contribution in [-0.2, 0) is 6.54 Å². The van der Waals surface area contributed by atoms with E-state index in [1.54, 1.807) is 18.5 Å². The first-order chi connectivity index (χ1) is 13.4. The number of aryl methyl sites for hydroxylation is 1. The molecule has 1 heterocycles. The summed E-state index contributed by atoms with van der Waals surface area (Å²) in [5.74, 6) is -1.55. The van der Waals surface area contributed by atoms with E-state index in [1.807, 2.05) is 19.1 Å². The predicted molar refractivity (Wildman–Crippen MR) is 116 cm³/mol. The van der Waals surface area contributed by atoms with Gasteiger partial charge in [0, 0.05) is 23.7 Å². The lowest BCUT2D eigenvalue weighted by atomic mass is 9.75. The number of hydrogen-bond donors (Lipinski definition) is 2. The number of aromatic nitrogens is 2. The fraction of sp³-hybridized carbons (Fsp3) is 0.435. The van der Waals surface area contributed by atoms with Crippen molar-refractivity contribution in [3.8, 4) is 11.1 Å².